The fourth-order valence-electron chi connectivity index (χ4n) is 0.965. The van der Waals surface area contributed by atoms with Crippen LogP contribution < -0.4 is 5.32 Å². The topological polar surface area (TPSA) is 47.6 Å². The highest BCUT2D eigenvalue weighted by atomic mass is 31.2. The highest BCUT2D eigenvalue weighted by molar-refractivity contribution is 7.53. The van der Waals surface area contributed by atoms with Crippen LogP contribution in [0.1, 0.15) is 20.8 Å². The molecular weight excluding hydrogens is 189 g/mol. The van der Waals surface area contributed by atoms with Crippen LogP contribution in [0.15, 0.2) is 0 Å². The van der Waals surface area contributed by atoms with Gasteiger partial charge < -0.3 is 14.4 Å². The van der Waals surface area contributed by atoms with Gasteiger partial charge in [-0.3, -0.25) is 4.57 Å². The van der Waals surface area contributed by atoms with Gasteiger partial charge in [-0.1, -0.05) is 20.8 Å². The number of nitrogens with one attached hydrogen (secondary N) is 1. The molecule has 78 valence electrons. The highest BCUT2D eigenvalue weighted by Gasteiger charge is 2.35. The second kappa shape index (κ2) is 4.09. The van der Waals surface area contributed by atoms with Crippen LogP contribution in [0.5, 0.6) is 0 Å². The summed E-state index contributed by atoms with van der Waals surface area (Å²) in [6.45, 7) is 7.82. The lowest BCUT2D eigenvalue weighted by Crippen LogP contribution is -2.31. The van der Waals surface area contributed by atoms with E-state index in [2.05, 4.69) is 5.32 Å². The first-order valence-corrected chi connectivity index (χ1v) is 6.29. The molecule has 1 N–H and O–H groups in total. The molecule has 0 aromatic heterocycles. The Morgan fingerprint density at radius 1 is 1.38 bits per heavy atom. The molecule has 1 rings (SSSR count). The van der Waals surface area contributed by atoms with Crippen LogP contribution in [-0.4, -0.2) is 26.0 Å². The summed E-state index contributed by atoms with van der Waals surface area (Å²) in [6.07, 6.45) is 0.319. The summed E-state index contributed by atoms with van der Waals surface area (Å²) < 4.78 is 22.3. The average Bonchev–Trinajstić information content (AvgIpc) is 2.08. The van der Waals surface area contributed by atoms with Gasteiger partial charge in [0.15, 0.2) is 0 Å². The SMILES string of the molecule is CCNCP1(=O)OCC(C)(C)CO1. The molecule has 1 aliphatic rings. The van der Waals surface area contributed by atoms with Crippen molar-refractivity contribution in [3.05, 3.63) is 0 Å². The van der Waals surface area contributed by atoms with Gasteiger partial charge >= 0.3 is 7.60 Å². The Morgan fingerprint density at radius 3 is 2.38 bits per heavy atom. The van der Waals surface area contributed by atoms with E-state index in [0.717, 1.165) is 6.54 Å². The molecule has 13 heavy (non-hydrogen) atoms. The highest BCUT2D eigenvalue weighted by Crippen LogP contribution is 2.52. The zero-order valence-electron chi connectivity index (χ0n) is 8.50. The Morgan fingerprint density at radius 2 is 1.92 bits per heavy atom. The normalized spacial score (nSPS) is 25.8. The molecule has 0 saturated carbocycles. The van der Waals surface area contributed by atoms with Gasteiger partial charge in [-0.15, -0.1) is 0 Å². The quantitative estimate of drug-likeness (QED) is 0.717. The second-order valence-corrected chi connectivity index (χ2v) is 6.14. The molecule has 0 aromatic rings. The first-order chi connectivity index (χ1) is 5.97. The maximum absolute atomic E-state index is 11.8. The third-order valence-corrected chi connectivity index (χ3v) is 3.52. The summed E-state index contributed by atoms with van der Waals surface area (Å²) in [7, 11) is -2.82. The molecular formula is C8H18NO3P. The van der Waals surface area contributed by atoms with Crippen LogP contribution in [0, 0.1) is 5.41 Å². The lowest BCUT2D eigenvalue weighted by Gasteiger charge is -2.33. The van der Waals surface area contributed by atoms with Gasteiger partial charge in [0, 0.05) is 5.41 Å². The third kappa shape index (κ3) is 3.39. The molecule has 0 aliphatic carbocycles. The molecule has 4 nitrogen and oxygen atoms in total. The van der Waals surface area contributed by atoms with Crippen LogP contribution in [0.4, 0.5) is 0 Å². The smallest absolute Gasteiger partial charge is 0.307 e. The zero-order chi connectivity index (χ0) is 9.95. The van der Waals surface area contributed by atoms with Crippen molar-refractivity contribution in [3.63, 3.8) is 0 Å². The van der Waals surface area contributed by atoms with Crippen molar-refractivity contribution in [3.8, 4) is 0 Å². The molecule has 5 heteroatoms. The van der Waals surface area contributed by atoms with E-state index in [0.29, 0.717) is 19.5 Å². The van der Waals surface area contributed by atoms with Gasteiger partial charge in [-0.25, -0.2) is 0 Å². The fraction of sp³-hybridized carbons (Fsp3) is 1.00. The van der Waals surface area contributed by atoms with Gasteiger partial charge in [0.2, 0.25) is 0 Å². The van der Waals surface area contributed by atoms with Crippen molar-refractivity contribution < 1.29 is 13.6 Å². The maximum Gasteiger partial charge on any atom is 0.344 e. The summed E-state index contributed by atoms with van der Waals surface area (Å²) in [5, 5.41) is 2.97. The molecule has 1 fully saturated rings. The van der Waals surface area contributed by atoms with Gasteiger partial charge in [-0.2, -0.15) is 0 Å². The molecule has 0 unspecified atom stereocenters. The summed E-state index contributed by atoms with van der Waals surface area (Å²) in [6, 6.07) is 0. The van der Waals surface area contributed by atoms with E-state index in [1.165, 1.54) is 0 Å². The number of hydrogen-bond donors (Lipinski definition) is 1. The minimum absolute atomic E-state index is 0.0138. The van der Waals surface area contributed by atoms with E-state index in [-0.39, 0.29) is 5.41 Å². The Balaban J connectivity index is 2.42. The fourth-order valence-corrected chi connectivity index (χ4v) is 2.81. The van der Waals surface area contributed by atoms with Gasteiger partial charge in [-0.05, 0) is 6.54 Å². The van der Waals surface area contributed by atoms with Crippen molar-refractivity contribution in [1.82, 2.24) is 5.32 Å². The van der Waals surface area contributed by atoms with Gasteiger partial charge in [0.05, 0.1) is 19.5 Å². The van der Waals surface area contributed by atoms with E-state index in [9.17, 15) is 4.57 Å². The predicted molar refractivity (Wildman–Crippen MR) is 51.8 cm³/mol. The predicted octanol–water partition coefficient (Wildman–Crippen LogP) is 1.82. The average molecular weight is 207 g/mol. The maximum atomic E-state index is 11.8. The summed E-state index contributed by atoms with van der Waals surface area (Å²) >= 11 is 0. The molecule has 0 atom stereocenters. The molecule has 0 amide bonds. The van der Waals surface area contributed by atoms with Crippen LogP contribution >= 0.6 is 7.60 Å². The standard InChI is InChI=1S/C8H18NO3P/c1-4-9-7-13(10)11-5-8(2,3)6-12-13/h9H,4-7H2,1-3H3. The van der Waals surface area contributed by atoms with Crippen molar-refractivity contribution in [2.24, 2.45) is 5.41 Å². The van der Waals surface area contributed by atoms with E-state index in [1.807, 2.05) is 20.8 Å². The Kier molecular flexibility index (Phi) is 3.52. The molecule has 0 spiro atoms. The summed E-state index contributed by atoms with van der Waals surface area (Å²) in [5.41, 5.74) is -0.0138. The molecule has 0 bridgehead atoms. The van der Waals surface area contributed by atoms with E-state index in [4.69, 9.17) is 9.05 Å². The van der Waals surface area contributed by atoms with Crippen LogP contribution in [0.25, 0.3) is 0 Å². The Hall–Kier alpha value is 0.110. The lowest BCUT2D eigenvalue weighted by molar-refractivity contribution is 0.0409. The van der Waals surface area contributed by atoms with E-state index < -0.39 is 7.60 Å². The van der Waals surface area contributed by atoms with Crippen molar-refractivity contribution >= 4 is 7.60 Å². The molecule has 1 saturated heterocycles. The second-order valence-electron chi connectivity index (χ2n) is 4.08. The minimum Gasteiger partial charge on any atom is -0.307 e. The molecule has 1 aliphatic heterocycles. The van der Waals surface area contributed by atoms with Crippen LogP contribution in [-0.2, 0) is 13.6 Å². The third-order valence-electron chi connectivity index (χ3n) is 1.86. The van der Waals surface area contributed by atoms with Crippen LogP contribution in [0.3, 0.4) is 0 Å². The van der Waals surface area contributed by atoms with Crippen molar-refractivity contribution in [2.75, 3.05) is 26.0 Å². The van der Waals surface area contributed by atoms with E-state index in [1.54, 1.807) is 0 Å². The van der Waals surface area contributed by atoms with Crippen LogP contribution in [0.2, 0.25) is 0 Å². The van der Waals surface area contributed by atoms with Gasteiger partial charge in [0.1, 0.15) is 0 Å². The Bertz CT molecular complexity index is 203. The van der Waals surface area contributed by atoms with E-state index >= 15 is 0 Å². The minimum atomic E-state index is -2.82. The monoisotopic (exact) mass is 207 g/mol. The van der Waals surface area contributed by atoms with Crippen molar-refractivity contribution in [1.29, 1.82) is 0 Å². The summed E-state index contributed by atoms with van der Waals surface area (Å²) in [4.78, 5) is 0. The first-order valence-electron chi connectivity index (χ1n) is 4.56. The number of rotatable bonds is 3. The number of hydrogen-bond acceptors (Lipinski definition) is 4. The van der Waals surface area contributed by atoms with Gasteiger partial charge in [0.25, 0.3) is 0 Å². The lowest BCUT2D eigenvalue weighted by atomic mass is 9.97. The molecule has 0 radical (unpaired) electrons. The molecule has 0 aromatic carbocycles. The summed E-state index contributed by atoms with van der Waals surface area (Å²) in [5.74, 6) is 0. The molecule has 1 heterocycles. The Labute approximate surface area is 79.5 Å². The largest absolute Gasteiger partial charge is 0.344 e. The van der Waals surface area contributed by atoms with Crippen molar-refractivity contribution in [2.45, 2.75) is 20.8 Å². The zero-order valence-corrected chi connectivity index (χ0v) is 9.39. The first kappa shape index (κ1) is 11.2.